The number of hydrogen-bond acceptors (Lipinski definition) is 3. The van der Waals surface area contributed by atoms with Crippen LogP contribution >= 0.6 is 11.3 Å². The second-order valence-corrected chi connectivity index (χ2v) is 8.34. The summed E-state index contributed by atoms with van der Waals surface area (Å²) in [6, 6.07) is 4.02. The molecule has 3 rings (SSSR count). The predicted octanol–water partition coefficient (Wildman–Crippen LogP) is 6.26. The predicted molar refractivity (Wildman–Crippen MR) is 116 cm³/mol. The molecule has 160 valence electrons. The Hall–Kier alpha value is -2.54. The van der Waals surface area contributed by atoms with Gasteiger partial charge < -0.3 is 10.2 Å². The molecule has 1 aromatic carbocycles. The monoisotopic (exact) mass is 434 g/mol. The van der Waals surface area contributed by atoms with Gasteiger partial charge in [-0.25, -0.2) is 0 Å². The minimum atomic E-state index is -4.40. The fourth-order valence-corrected chi connectivity index (χ4v) is 4.63. The molecule has 0 fully saturated rings. The maximum atomic E-state index is 13.2. The lowest BCUT2D eigenvalue weighted by Crippen LogP contribution is -2.36. The van der Waals surface area contributed by atoms with Crippen LogP contribution in [0.5, 0.6) is 0 Å². The summed E-state index contributed by atoms with van der Waals surface area (Å²) in [7, 11) is 0. The Morgan fingerprint density at radius 3 is 2.70 bits per heavy atom. The highest BCUT2D eigenvalue weighted by Gasteiger charge is 2.31. The van der Waals surface area contributed by atoms with Crippen LogP contribution in [0.25, 0.3) is 5.70 Å². The van der Waals surface area contributed by atoms with Gasteiger partial charge >= 0.3 is 6.18 Å². The van der Waals surface area contributed by atoms with Crippen molar-refractivity contribution in [3.8, 4) is 0 Å². The van der Waals surface area contributed by atoms with E-state index < -0.39 is 11.7 Å². The molecule has 1 aliphatic rings. The second kappa shape index (κ2) is 8.68. The van der Waals surface area contributed by atoms with E-state index in [1.807, 2.05) is 37.1 Å². The van der Waals surface area contributed by atoms with E-state index in [-0.39, 0.29) is 5.91 Å². The summed E-state index contributed by atoms with van der Waals surface area (Å²) in [4.78, 5) is 15.4. The van der Waals surface area contributed by atoms with E-state index in [4.69, 9.17) is 0 Å². The Kier molecular flexibility index (Phi) is 6.41. The third-order valence-electron chi connectivity index (χ3n) is 5.35. The average Bonchev–Trinajstić information content (AvgIpc) is 3.15. The van der Waals surface area contributed by atoms with E-state index in [0.717, 1.165) is 27.6 Å². The molecule has 0 radical (unpaired) electrons. The summed E-state index contributed by atoms with van der Waals surface area (Å²) in [5, 5.41) is 5.03. The maximum Gasteiger partial charge on any atom is 0.416 e. The van der Waals surface area contributed by atoms with E-state index in [1.165, 1.54) is 6.07 Å². The third-order valence-corrected chi connectivity index (χ3v) is 6.37. The van der Waals surface area contributed by atoms with E-state index in [0.29, 0.717) is 42.9 Å². The molecule has 0 saturated heterocycles. The molecular formula is C23H25F3N2OS. The number of nitrogens with one attached hydrogen (secondary N) is 1. The number of aryl methyl sites for hydroxylation is 1. The number of thiophene rings is 1. The van der Waals surface area contributed by atoms with Gasteiger partial charge in [0.15, 0.2) is 0 Å². The molecule has 7 heteroatoms. The highest BCUT2D eigenvalue weighted by atomic mass is 32.1. The summed E-state index contributed by atoms with van der Waals surface area (Å²) >= 11 is 1.55. The lowest BCUT2D eigenvalue weighted by Gasteiger charge is -2.28. The number of benzene rings is 1. The smallest absolute Gasteiger partial charge is 0.355 e. The summed E-state index contributed by atoms with van der Waals surface area (Å²) in [5.41, 5.74) is 3.63. The molecule has 0 aliphatic carbocycles. The number of fused-ring (bicyclic) bond motifs is 1. The van der Waals surface area contributed by atoms with Crippen LogP contribution in [-0.2, 0) is 30.4 Å². The van der Waals surface area contributed by atoms with Gasteiger partial charge in [-0.15, -0.1) is 11.3 Å². The average molecular weight is 435 g/mol. The molecule has 0 atom stereocenters. The number of rotatable bonds is 5. The fourth-order valence-electron chi connectivity index (χ4n) is 3.50. The van der Waals surface area contributed by atoms with Crippen molar-refractivity contribution in [3.63, 3.8) is 0 Å². The fraction of sp³-hybridized carbons (Fsp3) is 0.348. The van der Waals surface area contributed by atoms with Crippen LogP contribution in [0.1, 0.15) is 47.9 Å². The number of halogens is 3. The first-order chi connectivity index (χ1) is 14.1. The molecule has 0 bridgehead atoms. The van der Waals surface area contributed by atoms with Gasteiger partial charge in [0.05, 0.1) is 12.1 Å². The van der Waals surface area contributed by atoms with Gasteiger partial charge in [-0.05, 0) is 56.0 Å². The van der Waals surface area contributed by atoms with Crippen molar-refractivity contribution in [3.05, 3.63) is 68.9 Å². The van der Waals surface area contributed by atoms with E-state index in [9.17, 15) is 18.0 Å². The van der Waals surface area contributed by atoms with Gasteiger partial charge in [-0.3, -0.25) is 4.79 Å². The first kappa shape index (κ1) is 22.2. The van der Waals surface area contributed by atoms with Crippen LogP contribution in [0, 0.1) is 0 Å². The van der Waals surface area contributed by atoms with Crippen molar-refractivity contribution in [2.24, 2.45) is 0 Å². The molecule has 3 nitrogen and oxygen atoms in total. The number of anilines is 1. The molecular weight excluding hydrogens is 409 g/mol. The van der Waals surface area contributed by atoms with Crippen LogP contribution < -0.4 is 5.32 Å². The molecule has 0 spiro atoms. The molecule has 2 heterocycles. The first-order valence-electron chi connectivity index (χ1n) is 9.83. The Bertz CT molecular complexity index is 1000. The Labute approximate surface area is 178 Å². The van der Waals surface area contributed by atoms with Gasteiger partial charge in [0.2, 0.25) is 5.91 Å². The zero-order valence-electron chi connectivity index (χ0n) is 17.3. The Morgan fingerprint density at radius 1 is 1.33 bits per heavy atom. The molecule has 1 aromatic heterocycles. The number of allylic oxidation sites excluding steroid dienone is 1. The van der Waals surface area contributed by atoms with Crippen LogP contribution in [0.15, 0.2) is 41.8 Å². The van der Waals surface area contributed by atoms with E-state index >= 15 is 0 Å². The number of hydrogen-bond donors (Lipinski definition) is 1. The SMILES string of the molecule is C=C(Nc1cc(CC)cc(C(F)(F)F)c1)c1csc2c1CCN(C(=O)/C(C)=C/C)C2. The molecule has 1 aliphatic heterocycles. The van der Waals surface area contributed by atoms with E-state index in [1.54, 1.807) is 17.4 Å². The van der Waals surface area contributed by atoms with Crippen LogP contribution in [0.2, 0.25) is 0 Å². The topological polar surface area (TPSA) is 32.3 Å². The van der Waals surface area contributed by atoms with Gasteiger partial charge in [0.25, 0.3) is 0 Å². The van der Waals surface area contributed by atoms with Gasteiger partial charge in [0, 0.05) is 39.3 Å². The van der Waals surface area contributed by atoms with E-state index in [2.05, 4.69) is 11.9 Å². The molecule has 2 aromatic rings. The van der Waals surface area contributed by atoms with Crippen LogP contribution in [0.3, 0.4) is 0 Å². The van der Waals surface area contributed by atoms with Crippen LogP contribution in [-0.4, -0.2) is 17.4 Å². The lowest BCUT2D eigenvalue weighted by molar-refractivity contribution is -0.137. The maximum absolute atomic E-state index is 13.2. The number of carbonyl (C=O) groups is 1. The van der Waals surface area contributed by atoms with Gasteiger partial charge in [0.1, 0.15) is 0 Å². The number of carbonyl (C=O) groups excluding carboxylic acids is 1. The van der Waals surface area contributed by atoms with Crippen molar-refractivity contribution >= 4 is 28.6 Å². The second-order valence-electron chi connectivity index (χ2n) is 7.37. The van der Waals surface area contributed by atoms with Gasteiger partial charge in [-0.1, -0.05) is 19.6 Å². The minimum absolute atomic E-state index is 0.0334. The highest BCUT2D eigenvalue weighted by Crippen LogP contribution is 2.35. The quantitative estimate of drug-likeness (QED) is 0.563. The molecule has 1 amide bonds. The first-order valence-corrected chi connectivity index (χ1v) is 10.7. The largest absolute Gasteiger partial charge is 0.416 e. The summed E-state index contributed by atoms with van der Waals surface area (Å²) in [5.74, 6) is 0.0334. The summed E-state index contributed by atoms with van der Waals surface area (Å²) in [6.07, 6.45) is -1.39. The summed E-state index contributed by atoms with van der Waals surface area (Å²) < 4.78 is 39.7. The lowest BCUT2D eigenvalue weighted by atomic mass is 10.0. The zero-order chi connectivity index (χ0) is 22.1. The van der Waals surface area contributed by atoms with Crippen molar-refractivity contribution < 1.29 is 18.0 Å². The van der Waals surface area contributed by atoms with Crippen molar-refractivity contribution in [2.75, 3.05) is 11.9 Å². The molecule has 0 unspecified atom stereocenters. The molecule has 30 heavy (non-hydrogen) atoms. The Balaban J connectivity index is 1.81. The molecule has 1 N–H and O–H groups in total. The van der Waals surface area contributed by atoms with Crippen molar-refractivity contribution in [1.29, 1.82) is 0 Å². The standard InChI is InChI=1S/C23H25F3N2OS/c1-5-14(3)22(29)28-8-7-19-20(13-30-21(19)12-28)15(4)27-18-10-16(6-2)9-17(11-18)23(24,25)26/h5,9-11,13,27H,4,6-8,12H2,1-3H3/b14-5+. The number of alkyl halides is 3. The van der Waals surface area contributed by atoms with Crippen molar-refractivity contribution in [1.82, 2.24) is 4.90 Å². The highest BCUT2D eigenvalue weighted by molar-refractivity contribution is 7.10. The number of nitrogens with zero attached hydrogens (tertiary/aromatic N) is 1. The third kappa shape index (κ3) is 4.61. The normalized spacial score (nSPS) is 14.5. The zero-order valence-corrected chi connectivity index (χ0v) is 18.1. The van der Waals surface area contributed by atoms with Crippen LogP contribution in [0.4, 0.5) is 18.9 Å². The van der Waals surface area contributed by atoms with Gasteiger partial charge in [-0.2, -0.15) is 13.2 Å². The summed E-state index contributed by atoms with van der Waals surface area (Å²) in [6.45, 7) is 10.7. The minimum Gasteiger partial charge on any atom is -0.355 e. The number of amides is 1. The molecule has 0 saturated carbocycles. The van der Waals surface area contributed by atoms with Crippen molar-refractivity contribution in [2.45, 2.75) is 46.3 Å². The Morgan fingerprint density at radius 2 is 2.07 bits per heavy atom.